The first kappa shape index (κ1) is 27.9. The predicted octanol–water partition coefficient (Wildman–Crippen LogP) is 4.21. The number of aliphatic hydroxyl groups excluding tert-OH is 1. The first-order valence-electron chi connectivity index (χ1n) is 14.7. The molecule has 4 heterocycles. The number of likely N-dealkylation sites (tertiary alicyclic amines) is 1. The number of hydrogen-bond acceptors (Lipinski definition) is 6. The molecular weight excluding hydrogens is 530 g/mol. The summed E-state index contributed by atoms with van der Waals surface area (Å²) in [6.45, 7) is 3.30. The number of aryl methyl sites for hydroxylation is 1. The van der Waals surface area contributed by atoms with Crippen molar-refractivity contribution in [3.63, 3.8) is 0 Å². The minimum absolute atomic E-state index is 0.0895. The molecule has 9 nitrogen and oxygen atoms in total. The van der Waals surface area contributed by atoms with Gasteiger partial charge < -0.3 is 29.6 Å². The lowest BCUT2D eigenvalue weighted by Gasteiger charge is -2.29. The number of nitrogens with zero attached hydrogens (tertiary/aromatic N) is 3. The number of aromatic nitrogens is 2. The molecule has 0 aliphatic carbocycles. The topological polar surface area (TPSA) is 113 Å². The highest BCUT2D eigenvalue weighted by molar-refractivity contribution is 6.01. The summed E-state index contributed by atoms with van der Waals surface area (Å²) < 4.78 is 7.54. The van der Waals surface area contributed by atoms with Crippen molar-refractivity contribution in [2.45, 2.75) is 63.3 Å². The van der Waals surface area contributed by atoms with Crippen LogP contribution in [0.15, 0.2) is 83.7 Å². The molecule has 6 rings (SSSR count). The summed E-state index contributed by atoms with van der Waals surface area (Å²) in [7, 11) is 0. The summed E-state index contributed by atoms with van der Waals surface area (Å²) >= 11 is 0. The van der Waals surface area contributed by atoms with Crippen molar-refractivity contribution in [2.75, 3.05) is 13.1 Å². The summed E-state index contributed by atoms with van der Waals surface area (Å²) in [5, 5.41) is 17.8. The van der Waals surface area contributed by atoms with Crippen LogP contribution in [0.5, 0.6) is 0 Å². The Morgan fingerprint density at radius 2 is 1.86 bits per heavy atom. The first-order valence-corrected chi connectivity index (χ1v) is 14.7. The lowest BCUT2D eigenvalue weighted by atomic mass is 9.95. The molecular formula is C33H37N5O4. The van der Waals surface area contributed by atoms with Gasteiger partial charge in [-0.3, -0.25) is 9.59 Å². The van der Waals surface area contributed by atoms with Gasteiger partial charge in [-0.05, 0) is 81.5 Å². The van der Waals surface area contributed by atoms with E-state index in [4.69, 9.17) is 4.42 Å². The van der Waals surface area contributed by atoms with Crippen molar-refractivity contribution in [1.82, 2.24) is 25.1 Å². The average Bonchev–Trinajstić information content (AvgIpc) is 3.84. The van der Waals surface area contributed by atoms with Crippen LogP contribution in [0.2, 0.25) is 0 Å². The van der Waals surface area contributed by atoms with Crippen LogP contribution in [-0.4, -0.2) is 62.6 Å². The fourth-order valence-corrected chi connectivity index (χ4v) is 6.14. The fraction of sp³-hybridized carbons (Fsp3) is 0.364. The fourth-order valence-electron chi connectivity index (χ4n) is 6.14. The van der Waals surface area contributed by atoms with E-state index in [0.29, 0.717) is 35.7 Å². The van der Waals surface area contributed by atoms with Crippen molar-refractivity contribution in [2.24, 2.45) is 0 Å². The van der Waals surface area contributed by atoms with Gasteiger partial charge in [-0.1, -0.05) is 30.3 Å². The molecule has 218 valence electrons. The SMILES string of the molecule is Cc1coc(C2CCCN2C(=O)c2cc(C(=O)N[C@@H](Cc3ccccc3)[C@H](O)C3CCCN3)cc(-n3cccc3)c2)n1. The van der Waals surface area contributed by atoms with Gasteiger partial charge in [-0.25, -0.2) is 4.98 Å². The van der Waals surface area contributed by atoms with E-state index in [1.807, 2.05) is 72.4 Å². The minimum Gasteiger partial charge on any atom is -0.446 e. The molecule has 0 saturated carbocycles. The van der Waals surface area contributed by atoms with Gasteiger partial charge in [0.2, 0.25) is 5.89 Å². The van der Waals surface area contributed by atoms with Gasteiger partial charge in [0.25, 0.3) is 11.8 Å². The van der Waals surface area contributed by atoms with Crippen molar-refractivity contribution < 1.29 is 19.1 Å². The molecule has 2 aromatic carbocycles. The number of benzene rings is 2. The van der Waals surface area contributed by atoms with Crippen LogP contribution in [0.1, 0.15) is 69.6 Å². The summed E-state index contributed by atoms with van der Waals surface area (Å²) in [5.74, 6) is 0.0286. The third kappa shape index (κ3) is 6.03. The molecule has 4 atom stereocenters. The Kier molecular flexibility index (Phi) is 8.21. The number of hydrogen-bond donors (Lipinski definition) is 3. The molecule has 3 N–H and O–H groups in total. The molecule has 9 heteroatoms. The lowest BCUT2D eigenvalue weighted by molar-refractivity contribution is 0.0715. The van der Waals surface area contributed by atoms with Crippen molar-refractivity contribution in [1.29, 1.82) is 0 Å². The average molecular weight is 568 g/mol. The zero-order valence-corrected chi connectivity index (χ0v) is 23.8. The molecule has 2 unspecified atom stereocenters. The largest absolute Gasteiger partial charge is 0.446 e. The monoisotopic (exact) mass is 567 g/mol. The standard InChI is InChI=1S/C33H37N5O4/c1-22-21-42-32(35-22)29-12-8-16-38(29)33(41)25-18-24(19-26(20-25)37-14-5-6-15-37)31(40)36-28(17-23-9-3-2-4-10-23)30(39)27-11-7-13-34-27/h2-6,9-10,14-15,18-21,27-30,34,39H,7-8,11-13,16-17H2,1H3,(H,36,40)/t27?,28-,29?,30+/m0/s1. The number of aliphatic hydroxyl groups is 1. The van der Waals surface area contributed by atoms with Crippen molar-refractivity contribution in [3.8, 4) is 5.69 Å². The van der Waals surface area contributed by atoms with Gasteiger partial charge in [0.15, 0.2) is 0 Å². The maximum Gasteiger partial charge on any atom is 0.254 e. The number of amides is 2. The van der Waals surface area contributed by atoms with Crippen LogP contribution in [0.25, 0.3) is 5.69 Å². The smallest absolute Gasteiger partial charge is 0.254 e. The second kappa shape index (κ2) is 12.3. The second-order valence-corrected chi connectivity index (χ2v) is 11.3. The molecule has 0 radical (unpaired) electrons. The van der Waals surface area contributed by atoms with E-state index in [1.165, 1.54) is 0 Å². The number of carbonyl (C=O) groups excluding carboxylic acids is 2. The molecule has 0 spiro atoms. The van der Waals surface area contributed by atoms with Crippen LogP contribution in [0, 0.1) is 6.92 Å². The zero-order valence-electron chi connectivity index (χ0n) is 23.8. The summed E-state index contributed by atoms with van der Waals surface area (Å²) in [5.41, 5.74) is 3.28. The van der Waals surface area contributed by atoms with Gasteiger partial charge in [0.1, 0.15) is 12.3 Å². The number of rotatable bonds is 9. The number of nitrogens with one attached hydrogen (secondary N) is 2. The van der Waals surface area contributed by atoms with Crippen LogP contribution >= 0.6 is 0 Å². The van der Waals surface area contributed by atoms with Crippen LogP contribution in [0.4, 0.5) is 0 Å². The van der Waals surface area contributed by atoms with Gasteiger partial charge >= 0.3 is 0 Å². The molecule has 2 aliphatic rings. The molecule has 2 amide bonds. The Morgan fingerprint density at radius 3 is 2.57 bits per heavy atom. The summed E-state index contributed by atoms with van der Waals surface area (Å²) in [4.78, 5) is 34.1. The minimum atomic E-state index is -0.764. The van der Waals surface area contributed by atoms with E-state index in [1.54, 1.807) is 23.3 Å². The molecule has 2 aromatic heterocycles. The Labute approximate surface area is 245 Å². The Bertz CT molecular complexity index is 1510. The Morgan fingerprint density at radius 1 is 1.07 bits per heavy atom. The van der Waals surface area contributed by atoms with Gasteiger partial charge in [-0.15, -0.1) is 0 Å². The second-order valence-electron chi connectivity index (χ2n) is 11.3. The Balaban J connectivity index is 1.30. The summed E-state index contributed by atoms with van der Waals surface area (Å²) in [6, 6.07) is 18.1. The third-order valence-corrected chi connectivity index (χ3v) is 8.30. The summed E-state index contributed by atoms with van der Waals surface area (Å²) in [6.07, 6.45) is 8.54. The maximum atomic E-state index is 13.9. The molecule has 2 saturated heterocycles. The van der Waals surface area contributed by atoms with Gasteiger partial charge in [-0.2, -0.15) is 0 Å². The number of carbonyl (C=O) groups is 2. The first-order chi connectivity index (χ1) is 20.5. The van der Waals surface area contributed by atoms with E-state index in [0.717, 1.165) is 43.5 Å². The lowest BCUT2D eigenvalue weighted by Crippen LogP contribution is -2.52. The molecule has 0 bridgehead atoms. The van der Waals surface area contributed by atoms with Crippen LogP contribution in [0.3, 0.4) is 0 Å². The van der Waals surface area contributed by atoms with Gasteiger partial charge in [0.05, 0.1) is 17.8 Å². The molecule has 42 heavy (non-hydrogen) atoms. The van der Waals surface area contributed by atoms with Crippen molar-refractivity contribution >= 4 is 11.8 Å². The normalized spacial score (nSPS) is 20.0. The predicted molar refractivity (Wildman–Crippen MR) is 158 cm³/mol. The van der Waals surface area contributed by atoms with Gasteiger partial charge in [0, 0.05) is 41.8 Å². The highest BCUT2D eigenvalue weighted by Gasteiger charge is 2.35. The van der Waals surface area contributed by atoms with E-state index in [9.17, 15) is 14.7 Å². The highest BCUT2D eigenvalue weighted by Crippen LogP contribution is 2.33. The quantitative estimate of drug-likeness (QED) is 0.279. The van der Waals surface area contributed by atoms with E-state index >= 15 is 0 Å². The van der Waals surface area contributed by atoms with Crippen LogP contribution < -0.4 is 10.6 Å². The molecule has 2 aliphatic heterocycles. The Hall–Kier alpha value is -4.21. The number of oxazole rings is 1. The van der Waals surface area contributed by atoms with E-state index in [-0.39, 0.29) is 23.9 Å². The van der Waals surface area contributed by atoms with E-state index < -0.39 is 12.1 Å². The zero-order chi connectivity index (χ0) is 29.1. The third-order valence-electron chi connectivity index (χ3n) is 8.30. The maximum absolute atomic E-state index is 13.9. The van der Waals surface area contributed by atoms with Crippen LogP contribution in [-0.2, 0) is 6.42 Å². The highest BCUT2D eigenvalue weighted by atomic mass is 16.3. The van der Waals surface area contributed by atoms with E-state index in [2.05, 4.69) is 15.6 Å². The van der Waals surface area contributed by atoms with Crippen molar-refractivity contribution in [3.05, 3.63) is 108 Å². The molecule has 4 aromatic rings. The molecule has 2 fully saturated rings.